The maximum Gasteiger partial charge on any atom is 0.279 e. The molecule has 0 unspecified atom stereocenters. The standard InChI is InChI=1S/C21H24N2O3S4/c1-14(2)28-16-7-5-15(6-8-16)20(24)22-21-23(11-12-27-3)18-10-9-17(30(4,25)26)13-19(18)29-21/h5-10,13-14H,11-12H2,1-4H3. The molecule has 0 saturated heterocycles. The van der Waals surface area contributed by atoms with E-state index in [4.69, 9.17) is 0 Å². The van der Waals surface area contributed by atoms with E-state index in [2.05, 4.69) is 18.8 Å². The molecule has 9 heteroatoms. The molecule has 0 radical (unpaired) electrons. The number of fused-ring (bicyclic) bond motifs is 1. The molecule has 1 heterocycles. The number of carbonyl (C=O) groups excluding carboxylic acids is 1. The number of rotatable bonds is 7. The van der Waals surface area contributed by atoms with Crippen molar-refractivity contribution in [1.29, 1.82) is 0 Å². The van der Waals surface area contributed by atoms with E-state index in [0.29, 0.717) is 22.2 Å². The number of amides is 1. The Bertz CT molecular complexity index is 1220. The van der Waals surface area contributed by atoms with Crippen molar-refractivity contribution in [3.63, 3.8) is 0 Å². The molecule has 1 amide bonds. The van der Waals surface area contributed by atoms with Crippen molar-refractivity contribution in [1.82, 2.24) is 4.57 Å². The van der Waals surface area contributed by atoms with Crippen molar-refractivity contribution in [2.24, 2.45) is 4.99 Å². The Hall–Kier alpha value is -1.55. The van der Waals surface area contributed by atoms with Gasteiger partial charge in [0.15, 0.2) is 14.6 Å². The van der Waals surface area contributed by atoms with Gasteiger partial charge in [0.05, 0.1) is 15.1 Å². The van der Waals surface area contributed by atoms with Crippen LogP contribution in [0.1, 0.15) is 24.2 Å². The molecule has 160 valence electrons. The number of aryl methyl sites for hydroxylation is 1. The first kappa shape index (κ1) is 23.1. The van der Waals surface area contributed by atoms with Gasteiger partial charge in [-0.2, -0.15) is 16.8 Å². The van der Waals surface area contributed by atoms with Gasteiger partial charge in [0, 0.05) is 34.3 Å². The highest BCUT2D eigenvalue weighted by Crippen LogP contribution is 2.24. The zero-order valence-electron chi connectivity index (χ0n) is 17.3. The van der Waals surface area contributed by atoms with Crippen molar-refractivity contribution < 1.29 is 13.2 Å². The molecule has 0 bridgehead atoms. The third-order valence-corrected chi connectivity index (χ3v) is 8.03. The van der Waals surface area contributed by atoms with E-state index in [9.17, 15) is 13.2 Å². The number of nitrogens with zero attached hydrogens (tertiary/aromatic N) is 2. The predicted molar refractivity (Wildman–Crippen MR) is 129 cm³/mol. The molecule has 30 heavy (non-hydrogen) atoms. The van der Waals surface area contributed by atoms with Gasteiger partial charge in [-0.25, -0.2) is 8.42 Å². The average molecular weight is 481 g/mol. The second-order valence-corrected chi connectivity index (χ2v) is 12.7. The van der Waals surface area contributed by atoms with Crippen molar-refractivity contribution in [3.8, 4) is 0 Å². The van der Waals surface area contributed by atoms with Crippen molar-refractivity contribution in [3.05, 3.63) is 52.8 Å². The van der Waals surface area contributed by atoms with Gasteiger partial charge in [0.25, 0.3) is 5.91 Å². The van der Waals surface area contributed by atoms with Crippen LogP contribution in [0.5, 0.6) is 0 Å². The van der Waals surface area contributed by atoms with Gasteiger partial charge >= 0.3 is 0 Å². The molecule has 5 nitrogen and oxygen atoms in total. The minimum absolute atomic E-state index is 0.268. The lowest BCUT2D eigenvalue weighted by Gasteiger charge is -2.05. The first-order valence-corrected chi connectivity index (χ1v) is 14.4. The zero-order chi connectivity index (χ0) is 21.9. The first-order chi connectivity index (χ1) is 14.2. The lowest BCUT2D eigenvalue weighted by molar-refractivity contribution is 0.0998. The second-order valence-electron chi connectivity index (χ2n) is 7.04. The van der Waals surface area contributed by atoms with Gasteiger partial charge in [-0.15, -0.1) is 11.8 Å². The zero-order valence-corrected chi connectivity index (χ0v) is 20.6. The monoisotopic (exact) mass is 480 g/mol. The third-order valence-electron chi connectivity index (χ3n) is 4.27. The number of benzene rings is 2. The van der Waals surface area contributed by atoms with Gasteiger partial charge in [-0.3, -0.25) is 4.79 Å². The van der Waals surface area contributed by atoms with Crippen LogP contribution in [0.25, 0.3) is 10.2 Å². The molecule has 0 fully saturated rings. The van der Waals surface area contributed by atoms with Gasteiger partial charge < -0.3 is 4.57 Å². The quantitative estimate of drug-likeness (QED) is 0.458. The Kier molecular flexibility index (Phi) is 7.49. The van der Waals surface area contributed by atoms with Gasteiger partial charge in [0.1, 0.15) is 0 Å². The fourth-order valence-corrected chi connectivity index (χ4v) is 5.89. The van der Waals surface area contributed by atoms with E-state index in [1.54, 1.807) is 53.9 Å². The van der Waals surface area contributed by atoms with E-state index >= 15 is 0 Å². The summed E-state index contributed by atoms with van der Waals surface area (Å²) in [6.07, 6.45) is 3.22. The highest BCUT2D eigenvalue weighted by Gasteiger charge is 2.13. The molecule has 0 saturated carbocycles. The molecule has 0 N–H and O–H groups in total. The maximum atomic E-state index is 12.8. The molecular weight excluding hydrogens is 457 g/mol. The van der Waals surface area contributed by atoms with E-state index in [1.165, 1.54) is 17.6 Å². The van der Waals surface area contributed by atoms with Crippen molar-refractivity contribution in [2.75, 3.05) is 18.3 Å². The summed E-state index contributed by atoms with van der Waals surface area (Å²) in [5.41, 5.74) is 1.42. The van der Waals surface area contributed by atoms with Crippen molar-refractivity contribution in [2.45, 2.75) is 35.4 Å². The van der Waals surface area contributed by atoms with Crippen LogP contribution in [-0.2, 0) is 16.4 Å². The number of thioether (sulfide) groups is 2. The lowest BCUT2D eigenvalue weighted by atomic mass is 10.2. The molecule has 0 aliphatic heterocycles. The van der Waals surface area contributed by atoms with Crippen LogP contribution >= 0.6 is 34.9 Å². The number of hydrogen-bond acceptors (Lipinski definition) is 6. The first-order valence-electron chi connectivity index (χ1n) is 9.37. The summed E-state index contributed by atoms with van der Waals surface area (Å²) in [7, 11) is -3.30. The van der Waals surface area contributed by atoms with Crippen LogP contribution in [0.3, 0.4) is 0 Å². The Labute approximate surface area is 189 Å². The summed E-state index contributed by atoms with van der Waals surface area (Å²) in [5.74, 6) is 0.561. The van der Waals surface area contributed by atoms with Gasteiger partial charge in [-0.1, -0.05) is 25.2 Å². The molecule has 0 spiro atoms. The fourth-order valence-electron chi connectivity index (χ4n) is 2.87. The van der Waals surface area contributed by atoms with Crippen LogP contribution in [0.4, 0.5) is 0 Å². The van der Waals surface area contributed by atoms with E-state index in [0.717, 1.165) is 20.9 Å². The number of aromatic nitrogens is 1. The van der Waals surface area contributed by atoms with Crippen LogP contribution in [-0.4, -0.2) is 42.4 Å². The lowest BCUT2D eigenvalue weighted by Crippen LogP contribution is -2.18. The van der Waals surface area contributed by atoms with Crippen LogP contribution in [0.2, 0.25) is 0 Å². The number of hydrogen-bond donors (Lipinski definition) is 0. The smallest absolute Gasteiger partial charge is 0.279 e. The Morgan fingerprint density at radius 3 is 2.47 bits per heavy atom. The topological polar surface area (TPSA) is 68.5 Å². The Morgan fingerprint density at radius 2 is 1.87 bits per heavy atom. The minimum Gasteiger partial charge on any atom is -0.316 e. The average Bonchev–Trinajstić information content (AvgIpc) is 3.01. The molecule has 0 aliphatic carbocycles. The van der Waals surface area contributed by atoms with Crippen LogP contribution in [0.15, 0.2) is 57.2 Å². The summed E-state index contributed by atoms with van der Waals surface area (Å²) in [6, 6.07) is 12.6. The molecule has 0 atom stereocenters. The highest BCUT2D eigenvalue weighted by atomic mass is 32.2. The summed E-state index contributed by atoms with van der Waals surface area (Å²) in [5, 5.41) is 0.474. The second kappa shape index (κ2) is 9.72. The van der Waals surface area contributed by atoms with E-state index in [-0.39, 0.29) is 10.8 Å². The van der Waals surface area contributed by atoms with E-state index < -0.39 is 9.84 Å². The molecule has 2 aromatic carbocycles. The largest absolute Gasteiger partial charge is 0.316 e. The summed E-state index contributed by atoms with van der Waals surface area (Å²) in [6.45, 7) is 4.95. The predicted octanol–water partition coefficient (Wildman–Crippen LogP) is 4.71. The Morgan fingerprint density at radius 1 is 1.17 bits per heavy atom. The molecule has 1 aromatic heterocycles. The molecule has 3 rings (SSSR count). The highest BCUT2D eigenvalue weighted by molar-refractivity contribution is 8.00. The number of thiazole rings is 1. The number of sulfone groups is 1. The summed E-state index contributed by atoms with van der Waals surface area (Å²) < 4.78 is 26.6. The molecular formula is C21H24N2O3S4. The normalized spacial score (nSPS) is 12.8. The number of carbonyl (C=O) groups is 1. The SMILES string of the molecule is CSCCn1c(=NC(=O)c2ccc(SC(C)C)cc2)sc2cc(S(C)(=O)=O)ccc21. The molecule has 0 aliphatic rings. The van der Waals surface area contributed by atoms with Crippen LogP contribution in [0, 0.1) is 0 Å². The third kappa shape index (κ3) is 5.57. The van der Waals surface area contributed by atoms with Gasteiger partial charge in [-0.05, 0) is 48.7 Å². The van der Waals surface area contributed by atoms with Crippen LogP contribution < -0.4 is 4.80 Å². The minimum atomic E-state index is -3.30. The summed E-state index contributed by atoms with van der Waals surface area (Å²) in [4.78, 5) is 19.1. The van der Waals surface area contributed by atoms with Gasteiger partial charge in [0.2, 0.25) is 0 Å². The molecule has 3 aromatic rings. The van der Waals surface area contributed by atoms with E-state index in [1.807, 2.05) is 23.0 Å². The summed E-state index contributed by atoms with van der Waals surface area (Å²) >= 11 is 4.79. The fraction of sp³-hybridized carbons (Fsp3) is 0.333. The maximum absolute atomic E-state index is 12.8. The van der Waals surface area contributed by atoms with Crippen molar-refractivity contribution >= 4 is 60.8 Å². The Balaban J connectivity index is 2.03.